The van der Waals surface area contributed by atoms with Gasteiger partial charge in [0.25, 0.3) is 0 Å². The van der Waals surface area contributed by atoms with Crippen molar-refractivity contribution in [2.45, 2.75) is 26.1 Å². The summed E-state index contributed by atoms with van der Waals surface area (Å²) in [5, 5.41) is 0.500. The van der Waals surface area contributed by atoms with E-state index in [0.29, 0.717) is 5.31 Å². The molecular weight excluding hydrogens is 65.8 g/mol. The van der Waals surface area contributed by atoms with Gasteiger partial charge in [0.2, 0.25) is 0 Å². The van der Waals surface area contributed by atoms with E-state index >= 15 is 0 Å². The number of hydrogen-bond acceptors (Lipinski definition) is 0. The molecule has 0 unspecified atom stereocenters. The van der Waals surface area contributed by atoms with Gasteiger partial charge in [0, 0.05) is 0 Å². The van der Waals surface area contributed by atoms with Crippen molar-refractivity contribution in [2.75, 3.05) is 0 Å². The van der Waals surface area contributed by atoms with Crippen LogP contribution in [-0.4, -0.2) is 26.7 Å². The van der Waals surface area contributed by atoms with Crippen LogP contribution in [-0.2, 0) is 0 Å². The first-order valence-corrected chi connectivity index (χ1v) is 2.00. The van der Waals surface area contributed by atoms with Gasteiger partial charge in [-0.3, -0.25) is 0 Å². The summed E-state index contributed by atoms with van der Waals surface area (Å²) in [5.74, 6) is 0. The summed E-state index contributed by atoms with van der Waals surface area (Å²) in [5.41, 5.74) is 0. The molecule has 0 amide bonds. The molecule has 6 heavy (non-hydrogen) atoms. The van der Waals surface area contributed by atoms with E-state index in [9.17, 15) is 0 Å². The number of hydrogen-bond donors (Lipinski definition) is 0. The molecule has 32 valence electrons. The van der Waals surface area contributed by atoms with Crippen LogP contribution in [0.25, 0.3) is 0 Å². The standard InChI is InChI=1S/C4H11B.Li.H/c1-4(2,3)5;;/h5H2,1-3H3;;. The van der Waals surface area contributed by atoms with E-state index in [2.05, 4.69) is 28.6 Å². The van der Waals surface area contributed by atoms with Gasteiger partial charge in [-0.05, 0) is 0 Å². The zero-order valence-electron chi connectivity index (χ0n) is 4.50. The SMILES string of the molecule is BC(C)(C)C.[LiH]. The van der Waals surface area contributed by atoms with E-state index < -0.39 is 0 Å². The summed E-state index contributed by atoms with van der Waals surface area (Å²) in [6.45, 7) is 6.56. The summed E-state index contributed by atoms with van der Waals surface area (Å²) >= 11 is 0. The Balaban J connectivity index is 0. The van der Waals surface area contributed by atoms with Gasteiger partial charge in [0.05, 0.1) is 0 Å². The Kier molecular flexibility index (Phi) is 4.54. The van der Waals surface area contributed by atoms with Crippen molar-refractivity contribution in [3.63, 3.8) is 0 Å². The van der Waals surface area contributed by atoms with Crippen molar-refractivity contribution in [1.29, 1.82) is 0 Å². The van der Waals surface area contributed by atoms with Crippen LogP contribution < -0.4 is 0 Å². The van der Waals surface area contributed by atoms with Crippen molar-refractivity contribution < 1.29 is 0 Å². The predicted octanol–water partition coefficient (Wildman–Crippen LogP) is 0.189. The van der Waals surface area contributed by atoms with Gasteiger partial charge in [-0.15, -0.1) is 0 Å². The van der Waals surface area contributed by atoms with Crippen LogP contribution >= 0.6 is 0 Å². The third kappa shape index (κ3) is 143. The molecule has 0 heterocycles. The van der Waals surface area contributed by atoms with E-state index in [0.717, 1.165) is 0 Å². The first-order chi connectivity index (χ1) is 2.00. The number of rotatable bonds is 0. The third-order valence-corrected chi connectivity index (χ3v) is 0. The van der Waals surface area contributed by atoms with E-state index in [1.807, 2.05) is 0 Å². The molecule has 0 aliphatic heterocycles. The maximum absolute atomic E-state index is 2.19. The molecule has 0 atom stereocenters. The Morgan fingerprint density at radius 2 is 1.17 bits per heavy atom. The zero-order chi connectivity index (χ0) is 4.50. The molecule has 0 aromatic rings. The van der Waals surface area contributed by atoms with Crippen LogP contribution in [0, 0.1) is 0 Å². The predicted molar refractivity (Wildman–Crippen MR) is 35.4 cm³/mol. The first-order valence-electron chi connectivity index (χ1n) is 2.00. The van der Waals surface area contributed by atoms with Crippen molar-refractivity contribution in [2.24, 2.45) is 0 Å². The summed E-state index contributed by atoms with van der Waals surface area (Å²) in [6.07, 6.45) is 0. The average molecular weight is 77.9 g/mol. The fourth-order valence-electron chi connectivity index (χ4n) is 0. The summed E-state index contributed by atoms with van der Waals surface area (Å²) < 4.78 is 0. The molecule has 0 saturated heterocycles. The van der Waals surface area contributed by atoms with Crippen molar-refractivity contribution in [3.8, 4) is 0 Å². The molecule has 0 nitrogen and oxygen atoms in total. The molecule has 0 aliphatic carbocycles. The fraction of sp³-hybridized carbons (Fsp3) is 1.00. The molecule has 0 spiro atoms. The minimum absolute atomic E-state index is 0. The molecular formula is C4H12BLi. The molecule has 0 rings (SSSR count). The van der Waals surface area contributed by atoms with Crippen molar-refractivity contribution >= 4 is 26.7 Å². The molecule has 2 heteroatoms. The maximum atomic E-state index is 2.19. The second-order valence-electron chi connectivity index (χ2n) is 3.00. The monoisotopic (exact) mass is 78.1 g/mol. The summed E-state index contributed by atoms with van der Waals surface area (Å²) in [4.78, 5) is 0. The van der Waals surface area contributed by atoms with E-state index in [-0.39, 0.29) is 18.9 Å². The van der Waals surface area contributed by atoms with Crippen molar-refractivity contribution in [1.82, 2.24) is 0 Å². The van der Waals surface area contributed by atoms with Crippen LogP contribution in [0.15, 0.2) is 0 Å². The Morgan fingerprint density at radius 3 is 1.17 bits per heavy atom. The average Bonchev–Trinajstić information content (AvgIpc) is 0.722. The van der Waals surface area contributed by atoms with Gasteiger partial charge >= 0.3 is 18.9 Å². The fourth-order valence-corrected chi connectivity index (χ4v) is 0. The normalized spacial score (nSPS) is 9.83. The first kappa shape index (κ1) is 9.83. The molecule has 0 fully saturated rings. The van der Waals surface area contributed by atoms with Gasteiger partial charge in [0.15, 0.2) is 0 Å². The Hall–Kier alpha value is 0.662. The Morgan fingerprint density at radius 1 is 1.17 bits per heavy atom. The van der Waals surface area contributed by atoms with Gasteiger partial charge < -0.3 is 0 Å². The van der Waals surface area contributed by atoms with E-state index in [1.54, 1.807) is 0 Å². The second kappa shape index (κ2) is 2.77. The second-order valence-corrected chi connectivity index (χ2v) is 3.00. The molecule has 0 radical (unpaired) electrons. The van der Waals surface area contributed by atoms with Crippen LogP contribution in [0.3, 0.4) is 0 Å². The van der Waals surface area contributed by atoms with E-state index in [4.69, 9.17) is 0 Å². The molecule has 0 aromatic carbocycles. The quantitative estimate of drug-likeness (QED) is 0.363. The Bertz CT molecular complexity index is 23.0. The van der Waals surface area contributed by atoms with Crippen LogP contribution in [0.2, 0.25) is 5.31 Å². The molecule has 0 aromatic heterocycles. The summed E-state index contributed by atoms with van der Waals surface area (Å²) in [6, 6.07) is 0. The Labute approximate surface area is 53.3 Å². The molecule has 0 N–H and O–H groups in total. The van der Waals surface area contributed by atoms with Crippen LogP contribution in [0.4, 0.5) is 0 Å². The van der Waals surface area contributed by atoms with Gasteiger partial charge in [-0.1, -0.05) is 26.1 Å². The third-order valence-electron chi connectivity index (χ3n) is 0. The van der Waals surface area contributed by atoms with Gasteiger partial charge in [0.1, 0.15) is 7.85 Å². The molecule has 0 aliphatic rings. The zero-order valence-corrected chi connectivity index (χ0v) is 4.50. The van der Waals surface area contributed by atoms with Crippen LogP contribution in [0.5, 0.6) is 0 Å². The van der Waals surface area contributed by atoms with Crippen molar-refractivity contribution in [3.05, 3.63) is 0 Å². The molecule has 0 saturated carbocycles. The topological polar surface area (TPSA) is 0 Å². The molecule has 0 bridgehead atoms. The summed E-state index contributed by atoms with van der Waals surface area (Å²) in [7, 11) is 2.19. The van der Waals surface area contributed by atoms with Gasteiger partial charge in [-0.2, -0.15) is 0 Å². The van der Waals surface area contributed by atoms with Gasteiger partial charge in [-0.25, -0.2) is 0 Å². The van der Waals surface area contributed by atoms with Crippen LogP contribution in [0.1, 0.15) is 20.8 Å². The minimum atomic E-state index is 0. The van der Waals surface area contributed by atoms with E-state index in [1.165, 1.54) is 0 Å².